The van der Waals surface area contributed by atoms with Crippen molar-refractivity contribution in [3.05, 3.63) is 81.2 Å². The number of thiophene rings is 1. The molecule has 1 amide bonds. The summed E-state index contributed by atoms with van der Waals surface area (Å²) in [6, 6.07) is 18.5. The lowest BCUT2D eigenvalue weighted by molar-refractivity contribution is 0.0952. The molecule has 0 atom stereocenters. The number of hydrogen-bond donors (Lipinski definition) is 1. The summed E-state index contributed by atoms with van der Waals surface area (Å²) in [5, 5.41) is 12.1. The molecule has 5 rings (SSSR count). The third kappa shape index (κ3) is 6.20. The molecule has 1 aliphatic carbocycles. The van der Waals surface area contributed by atoms with Crippen molar-refractivity contribution in [1.82, 2.24) is 10.2 Å². The predicted molar refractivity (Wildman–Crippen MR) is 157 cm³/mol. The predicted octanol–water partition coefficient (Wildman–Crippen LogP) is 7.12. The third-order valence-corrected chi connectivity index (χ3v) is 9.44. The number of rotatable bonds is 9. The summed E-state index contributed by atoms with van der Waals surface area (Å²) in [5.41, 5.74) is 8.34. The van der Waals surface area contributed by atoms with Gasteiger partial charge in [0.15, 0.2) is 0 Å². The van der Waals surface area contributed by atoms with E-state index in [1.54, 1.807) is 22.3 Å². The first-order chi connectivity index (χ1) is 18.7. The van der Waals surface area contributed by atoms with Crippen molar-refractivity contribution in [2.45, 2.75) is 70.6 Å². The lowest BCUT2D eigenvalue weighted by Gasteiger charge is -2.34. The number of nitriles is 1. The van der Waals surface area contributed by atoms with Crippen LogP contribution in [0.4, 0.5) is 0 Å². The second-order valence-electron chi connectivity index (χ2n) is 10.8. The lowest BCUT2D eigenvalue weighted by Crippen LogP contribution is -2.34. The number of piperidine rings is 1. The van der Waals surface area contributed by atoms with Gasteiger partial charge in [-0.2, -0.15) is 5.26 Å². The van der Waals surface area contributed by atoms with Crippen LogP contribution in [0.2, 0.25) is 0 Å². The molecule has 3 aromatic rings. The summed E-state index contributed by atoms with van der Waals surface area (Å²) in [6.07, 6.45) is 11.1. The van der Waals surface area contributed by atoms with Gasteiger partial charge < -0.3 is 10.2 Å². The van der Waals surface area contributed by atoms with E-state index >= 15 is 0 Å². The summed E-state index contributed by atoms with van der Waals surface area (Å²) < 4.78 is 0. The van der Waals surface area contributed by atoms with E-state index in [0.29, 0.717) is 22.9 Å². The molecule has 2 aromatic carbocycles. The number of nitrogens with one attached hydrogen (secondary N) is 1. The number of hydrogen-bond acceptors (Lipinski definition) is 4. The van der Waals surface area contributed by atoms with Gasteiger partial charge in [0.2, 0.25) is 0 Å². The van der Waals surface area contributed by atoms with Crippen molar-refractivity contribution in [3.8, 4) is 16.5 Å². The molecule has 1 saturated heterocycles. The Kier molecular flexibility index (Phi) is 8.94. The number of fused-ring (bicyclic) bond motifs is 1. The molecule has 0 saturated carbocycles. The number of unbranched alkanes of at least 4 members (excludes halogenated alkanes) is 1. The van der Waals surface area contributed by atoms with Gasteiger partial charge in [0.1, 0.15) is 10.9 Å². The van der Waals surface area contributed by atoms with Crippen LogP contribution >= 0.6 is 11.3 Å². The van der Waals surface area contributed by atoms with Gasteiger partial charge in [-0.25, -0.2) is 0 Å². The van der Waals surface area contributed by atoms with Crippen LogP contribution in [0.25, 0.3) is 10.4 Å². The molecular formula is C33H39N3OS. The fourth-order valence-electron chi connectivity index (χ4n) is 6.29. The first kappa shape index (κ1) is 26.7. The van der Waals surface area contributed by atoms with E-state index in [-0.39, 0.29) is 5.91 Å². The quantitative estimate of drug-likeness (QED) is 0.303. The standard InChI is InChI=1S/C33H39N3OS/c1-2-29-30-8-4-3-7-24(30)13-15-31(29)25-17-21-36(22-18-25)20-6-5-19-35-33(37)27-11-9-26(10-12-27)32-16-14-28(23-34)38-32/h9-16,25H,2-8,17-22H2,1H3,(H,35,37). The van der Waals surface area contributed by atoms with E-state index in [4.69, 9.17) is 5.26 Å². The van der Waals surface area contributed by atoms with Gasteiger partial charge in [-0.1, -0.05) is 31.2 Å². The average Bonchev–Trinajstić information content (AvgIpc) is 3.46. The molecule has 2 aliphatic rings. The summed E-state index contributed by atoms with van der Waals surface area (Å²) in [7, 11) is 0. The monoisotopic (exact) mass is 525 g/mol. The second kappa shape index (κ2) is 12.7. The molecule has 1 fully saturated rings. The SMILES string of the molecule is CCc1c(C2CCN(CCCCNC(=O)c3ccc(-c4ccc(C#N)s4)cc3)CC2)ccc2c1CCCC2. The zero-order chi connectivity index (χ0) is 26.3. The highest BCUT2D eigenvalue weighted by Gasteiger charge is 2.24. The summed E-state index contributed by atoms with van der Waals surface area (Å²) in [4.78, 5) is 16.9. The zero-order valence-electron chi connectivity index (χ0n) is 22.6. The fraction of sp³-hybridized carbons (Fsp3) is 0.455. The normalized spacial score (nSPS) is 16.1. The Bertz CT molecular complexity index is 1280. The Hall–Kier alpha value is -2.94. The molecule has 0 radical (unpaired) electrons. The zero-order valence-corrected chi connectivity index (χ0v) is 23.4. The molecule has 0 unspecified atom stereocenters. The van der Waals surface area contributed by atoms with Gasteiger partial charge in [-0.3, -0.25) is 4.79 Å². The minimum Gasteiger partial charge on any atom is -0.352 e. The van der Waals surface area contributed by atoms with Gasteiger partial charge in [0.05, 0.1) is 0 Å². The fourth-order valence-corrected chi connectivity index (χ4v) is 7.10. The van der Waals surface area contributed by atoms with Crippen molar-refractivity contribution in [2.24, 2.45) is 0 Å². The van der Waals surface area contributed by atoms with E-state index in [1.807, 2.05) is 36.4 Å². The van der Waals surface area contributed by atoms with Gasteiger partial charge in [-0.05, 0) is 135 Å². The van der Waals surface area contributed by atoms with Crippen LogP contribution in [-0.2, 0) is 19.3 Å². The maximum Gasteiger partial charge on any atom is 0.251 e. The van der Waals surface area contributed by atoms with Crippen LogP contribution in [-0.4, -0.2) is 37.0 Å². The Labute approximate surface area is 231 Å². The smallest absolute Gasteiger partial charge is 0.251 e. The van der Waals surface area contributed by atoms with Crippen LogP contribution in [0.15, 0.2) is 48.5 Å². The third-order valence-electron chi connectivity index (χ3n) is 8.40. The molecule has 0 bridgehead atoms. The minimum atomic E-state index is -0.0157. The number of carbonyl (C=O) groups excluding carboxylic acids is 1. The molecule has 38 heavy (non-hydrogen) atoms. The molecule has 4 nitrogen and oxygen atoms in total. The largest absolute Gasteiger partial charge is 0.352 e. The second-order valence-corrected chi connectivity index (χ2v) is 11.8. The van der Waals surface area contributed by atoms with Crippen molar-refractivity contribution < 1.29 is 4.79 Å². The van der Waals surface area contributed by atoms with E-state index in [9.17, 15) is 4.79 Å². The molecular weight excluding hydrogens is 486 g/mol. The van der Waals surface area contributed by atoms with E-state index in [2.05, 4.69) is 35.3 Å². The van der Waals surface area contributed by atoms with Crippen LogP contribution < -0.4 is 5.32 Å². The minimum absolute atomic E-state index is 0.0157. The Morgan fingerprint density at radius 3 is 2.55 bits per heavy atom. The van der Waals surface area contributed by atoms with Crippen LogP contribution in [0.1, 0.15) is 88.9 Å². The number of likely N-dealkylation sites (tertiary alicyclic amines) is 1. The summed E-state index contributed by atoms with van der Waals surface area (Å²) >= 11 is 1.47. The molecule has 1 aromatic heterocycles. The van der Waals surface area contributed by atoms with Gasteiger partial charge in [0.25, 0.3) is 5.91 Å². The highest BCUT2D eigenvalue weighted by Crippen LogP contribution is 2.36. The first-order valence-corrected chi connectivity index (χ1v) is 15.2. The van der Waals surface area contributed by atoms with E-state index < -0.39 is 0 Å². The Morgan fingerprint density at radius 1 is 1.03 bits per heavy atom. The highest BCUT2D eigenvalue weighted by molar-refractivity contribution is 7.16. The molecule has 1 N–H and O–H groups in total. The van der Waals surface area contributed by atoms with Gasteiger partial charge >= 0.3 is 0 Å². The topological polar surface area (TPSA) is 56.1 Å². The molecule has 2 heterocycles. The van der Waals surface area contributed by atoms with Crippen molar-refractivity contribution in [2.75, 3.05) is 26.2 Å². The number of aryl methyl sites for hydroxylation is 1. The average molecular weight is 526 g/mol. The maximum absolute atomic E-state index is 12.6. The molecule has 0 spiro atoms. The van der Waals surface area contributed by atoms with Crippen molar-refractivity contribution in [1.29, 1.82) is 5.26 Å². The van der Waals surface area contributed by atoms with Crippen LogP contribution in [0, 0.1) is 11.3 Å². The van der Waals surface area contributed by atoms with Crippen LogP contribution in [0.5, 0.6) is 0 Å². The van der Waals surface area contributed by atoms with Gasteiger partial charge in [0, 0.05) is 17.0 Å². The van der Waals surface area contributed by atoms with E-state index in [0.717, 1.165) is 29.8 Å². The maximum atomic E-state index is 12.6. The summed E-state index contributed by atoms with van der Waals surface area (Å²) in [6.45, 7) is 6.54. The Morgan fingerprint density at radius 2 is 1.82 bits per heavy atom. The molecule has 1 aliphatic heterocycles. The van der Waals surface area contributed by atoms with E-state index in [1.165, 1.54) is 69.4 Å². The number of benzene rings is 2. The van der Waals surface area contributed by atoms with Gasteiger partial charge in [-0.15, -0.1) is 11.3 Å². The molecule has 198 valence electrons. The molecule has 5 heteroatoms. The first-order valence-electron chi connectivity index (χ1n) is 14.4. The number of nitrogens with zero attached hydrogens (tertiary/aromatic N) is 2. The Balaban J connectivity index is 1.02. The number of carbonyl (C=O) groups is 1. The van der Waals surface area contributed by atoms with Crippen molar-refractivity contribution >= 4 is 17.2 Å². The van der Waals surface area contributed by atoms with Crippen molar-refractivity contribution in [3.63, 3.8) is 0 Å². The highest BCUT2D eigenvalue weighted by atomic mass is 32.1. The number of amides is 1. The summed E-state index contributed by atoms with van der Waals surface area (Å²) in [5.74, 6) is 0.699. The van der Waals surface area contributed by atoms with Crippen LogP contribution in [0.3, 0.4) is 0 Å². The lowest BCUT2D eigenvalue weighted by atomic mass is 9.79.